The van der Waals surface area contributed by atoms with E-state index in [2.05, 4.69) is 26.9 Å². The molecule has 1 aliphatic rings. The number of hydrogen-bond donors (Lipinski definition) is 2. The second-order valence-corrected chi connectivity index (χ2v) is 6.67. The zero-order chi connectivity index (χ0) is 13.6. The molecule has 1 saturated heterocycles. The molecule has 1 rings (SSSR count). The Morgan fingerprint density at radius 3 is 2.63 bits per heavy atom. The molecule has 1 atom stereocenters. The number of sulfonamides is 1. The number of aliphatic imine (C=N–C) groups is 1. The van der Waals surface area contributed by atoms with Gasteiger partial charge in [-0.25, -0.2) is 13.1 Å². The minimum Gasteiger partial charge on any atom is -0.355 e. The molecule has 19 heavy (non-hydrogen) atoms. The molecular weight excluding hydrogens is 379 g/mol. The van der Waals surface area contributed by atoms with Gasteiger partial charge in [0.1, 0.15) is 0 Å². The first-order chi connectivity index (χ1) is 8.42. The first-order valence-electron chi connectivity index (χ1n) is 6.32. The van der Waals surface area contributed by atoms with Crippen molar-refractivity contribution < 1.29 is 8.42 Å². The van der Waals surface area contributed by atoms with Crippen molar-refractivity contribution in [1.29, 1.82) is 0 Å². The molecule has 8 heteroatoms. The van der Waals surface area contributed by atoms with Gasteiger partial charge in [-0.05, 0) is 18.8 Å². The molecule has 1 unspecified atom stereocenters. The number of halogens is 1. The largest absolute Gasteiger partial charge is 0.355 e. The molecule has 1 heterocycles. The summed E-state index contributed by atoms with van der Waals surface area (Å²) in [6.45, 7) is 5.19. The minimum atomic E-state index is -3.11. The SMILES string of the molecule is CN=C(NCCNS(C)(=O)=O)N1CCCC(C)C1.I. The van der Waals surface area contributed by atoms with Crippen LogP contribution in [0.15, 0.2) is 4.99 Å². The second-order valence-electron chi connectivity index (χ2n) is 4.83. The Morgan fingerprint density at radius 2 is 2.11 bits per heavy atom. The van der Waals surface area contributed by atoms with E-state index in [-0.39, 0.29) is 24.0 Å². The molecular formula is C11H25IN4O2S. The number of nitrogens with zero attached hydrogens (tertiary/aromatic N) is 2. The number of guanidine groups is 1. The summed E-state index contributed by atoms with van der Waals surface area (Å²) in [6, 6.07) is 0. The maximum absolute atomic E-state index is 10.9. The van der Waals surface area contributed by atoms with Crippen LogP contribution in [0.4, 0.5) is 0 Å². The molecule has 0 bridgehead atoms. The minimum absolute atomic E-state index is 0. The molecule has 114 valence electrons. The fourth-order valence-electron chi connectivity index (χ4n) is 2.12. The summed E-state index contributed by atoms with van der Waals surface area (Å²) in [5, 5.41) is 3.18. The molecule has 0 aromatic carbocycles. The van der Waals surface area contributed by atoms with Gasteiger partial charge in [0.25, 0.3) is 0 Å². The van der Waals surface area contributed by atoms with Crippen LogP contribution < -0.4 is 10.0 Å². The van der Waals surface area contributed by atoms with Gasteiger partial charge >= 0.3 is 0 Å². The fraction of sp³-hybridized carbons (Fsp3) is 0.909. The Bertz CT molecular complexity index is 386. The van der Waals surface area contributed by atoms with Crippen molar-refractivity contribution in [3.8, 4) is 0 Å². The summed E-state index contributed by atoms with van der Waals surface area (Å²) in [5.74, 6) is 1.54. The Hall–Kier alpha value is -0.0900. The summed E-state index contributed by atoms with van der Waals surface area (Å²) >= 11 is 0. The maximum atomic E-state index is 10.9. The number of hydrogen-bond acceptors (Lipinski definition) is 3. The summed E-state index contributed by atoms with van der Waals surface area (Å²) in [6.07, 6.45) is 3.61. The standard InChI is InChI=1S/C11H24N4O2S.HI/c1-10-5-4-8-15(9-10)11(12-2)13-6-7-14-18(3,16)17;/h10,14H,4-9H2,1-3H3,(H,12,13);1H. The lowest BCUT2D eigenvalue weighted by Crippen LogP contribution is -2.47. The highest BCUT2D eigenvalue weighted by Crippen LogP contribution is 2.15. The van der Waals surface area contributed by atoms with Crippen molar-refractivity contribution >= 4 is 40.0 Å². The van der Waals surface area contributed by atoms with E-state index in [1.54, 1.807) is 7.05 Å². The summed E-state index contributed by atoms with van der Waals surface area (Å²) in [4.78, 5) is 6.47. The van der Waals surface area contributed by atoms with E-state index in [0.717, 1.165) is 25.3 Å². The van der Waals surface area contributed by atoms with Gasteiger partial charge in [0.2, 0.25) is 10.0 Å². The predicted octanol–water partition coefficient (Wildman–Crippen LogP) is 0.461. The summed E-state index contributed by atoms with van der Waals surface area (Å²) < 4.78 is 24.3. The van der Waals surface area contributed by atoms with E-state index in [9.17, 15) is 8.42 Å². The molecule has 0 radical (unpaired) electrons. The lowest BCUT2D eigenvalue weighted by atomic mass is 10.0. The van der Waals surface area contributed by atoms with E-state index >= 15 is 0 Å². The average Bonchev–Trinajstić information content (AvgIpc) is 2.27. The topological polar surface area (TPSA) is 73.8 Å². The zero-order valence-corrected chi connectivity index (χ0v) is 15.0. The molecule has 6 nitrogen and oxygen atoms in total. The highest BCUT2D eigenvalue weighted by Gasteiger charge is 2.18. The normalized spacial score (nSPS) is 20.9. The van der Waals surface area contributed by atoms with E-state index < -0.39 is 10.0 Å². The molecule has 0 aliphatic carbocycles. The number of nitrogens with one attached hydrogen (secondary N) is 2. The van der Waals surface area contributed by atoms with Crippen molar-refractivity contribution in [3.63, 3.8) is 0 Å². The van der Waals surface area contributed by atoms with Gasteiger partial charge < -0.3 is 10.2 Å². The molecule has 2 N–H and O–H groups in total. The Labute approximate surface area is 133 Å². The first-order valence-corrected chi connectivity index (χ1v) is 8.21. The first kappa shape index (κ1) is 18.9. The fourth-order valence-corrected chi connectivity index (χ4v) is 2.60. The van der Waals surface area contributed by atoms with E-state index in [1.165, 1.54) is 12.8 Å². The van der Waals surface area contributed by atoms with Crippen LogP contribution in [0.2, 0.25) is 0 Å². The number of piperidine rings is 1. The van der Waals surface area contributed by atoms with Crippen molar-refractivity contribution in [3.05, 3.63) is 0 Å². The van der Waals surface area contributed by atoms with E-state index in [1.807, 2.05) is 0 Å². The molecule has 0 aromatic rings. The number of rotatable bonds is 4. The maximum Gasteiger partial charge on any atom is 0.208 e. The molecule has 0 saturated carbocycles. The van der Waals surface area contributed by atoms with Crippen LogP contribution in [0.5, 0.6) is 0 Å². The van der Waals surface area contributed by atoms with Crippen LogP contribution >= 0.6 is 24.0 Å². The van der Waals surface area contributed by atoms with Crippen LogP contribution in [0.3, 0.4) is 0 Å². The van der Waals surface area contributed by atoms with Gasteiger partial charge in [0.05, 0.1) is 6.26 Å². The Balaban J connectivity index is 0.00000324. The van der Waals surface area contributed by atoms with Gasteiger partial charge in [0.15, 0.2) is 5.96 Å². The van der Waals surface area contributed by atoms with Crippen LogP contribution in [0, 0.1) is 5.92 Å². The molecule has 1 fully saturated rings. The monoisotopic (exact) mass is 404 g/mol. The molecule has 0 amide bonds. The highest BCUT2D eigenvalue weighted by molar-refractivity contribution is 14.0. The third-order valence-electron chi connectivity index (χ3n) is 2.94. The van der Waals surface area contributed by atoms with Crippen LogP contribution in [-0.4, -0.2) is 58.8 Å². The number of likely N-dealkylation sites (tertiary alicyclic amines) is 1. The smallest absolute Gasteiger partial charge is 0.208 e. The Morgan fingerprint density at radius 1 is 1.42 bits per heavy atom. The predicted molar refractivity (Wildman–Crippen MR) is 89.6 cm³/mol. The van der Waals surface area contributed by atoms with Gasteiger partial charge in [-0.1, -0.05) is 6.92 Å². The molecule has 0 aromatic heterocycles. The molecule has 0 spiro atoms. The van der Waals surface area contributed by atoms with Gasteiger partial charge in [-0.3, -0.25) is 4.99 Å². The second kappa shape index (κ2) is 8.96. The third kappa shape index (κ3) is 7.93. The quantitative estimate of drug-likeness (QED) is 0.309. The van der Waals surface area contributed by atoms with Crippen LogP contribution in [-0.2, 0) is 10.0 Å². The average molecular weight is 404 g/mol. The van der Waals surface area contributed by atoms with Crippen molar-refractivity contribution in [2.45, 2.75) is 19.8 Å². The summed E-state index contributed by atoms with van der Waals surface area (Å²) in [7, 11) is -1.35. The van der Waals surface area contributed by atoms with E-state index in [0.29, 0.717) is 19.0 Å². The lowest BCUT2D eigenvalue weighted by Gasteiger charge is -2.33. The van der Waals surface area contributed by atoms with Gasteiger partial charge in [-0.2, -0.15) is 0 Å². The zero-order valence-electron chi connectivity index (χ0n) is 11.8. The summed E-state index contributed by atoms with van der Waals surface area (Å²) in [5.41, 5.74) is 0. The highest BCUT2D eigenvalue weighted by atomic mass is 127. The van der Waals surface area contributed by atoms with Crippen LogP contribution in [0.25, 0.3) is 0 Å². The Kier molecular flexibility index (Phi) is 8.92. The third-order valence-corrected chi connectivity index (χ3v) is 3.67. The van der Waals surface area contributed by atoms with Crippen molar-refractivity contribution in [2.24, 2.45) is 10.9 Å². The lowest BCUT2D eigenvalue weighted by molar-refractivity contribution is 0.266. The van der Waals surface area contributed by atoms with Gasteiger partial charge in [0, 0.05) is 33.2 Å². The van der Waals surface area contributed by atoms with Crippen molar-refractivity contribution in [1.82, 2.24) is 14.9 Å². The van der Waals surface area contributed by atoms with E-state index in [4.69, 9.17) is 0 Å². The van der Waals surface area contributed by atoms with Gasteiger partial charge in [-0.15, -0.1) is 24.0 Å². The molecule has 1 aliphatic heterocycles. The van der Waals surface area contributed by atoms with Crippen molar-refractivity contribution in [2.75, 3.05) is 39.5 Å². The van der Waals surface area contributed by atoms with Crippen LogP contribution in [0.1, 0.15) is 19.8 Å².